The summed E-state index contributed by atoms with van der Waals surface area (Å²) < 4.78 is 56.3. The Morgan fingerprint density at radius 3 is 2.27 bits per heavy atom. The molecule has 22 heavy (non-hydrogen) atoms. The van der Waals surface area contributed by atoms with E-state index in [1.54, 1.807) is 0 Å². The third-order valence-electron chi connectivity index (χ3n) is 3.04. The summed E-state index contributed by atoms with van der Waals surface area (Å²) in [6.45, 7) is 0. The van der Waals surface area contributed by atoms with Crippen molar-refractivity contribution in [2.75, 3.05) is 12.8 Å². The number of carbonyl (C=O) groups is 1. The second-order valence-electron chi connectivity index (χ2n) is 4.49. The summed E-state index contributed by atoms with van der Waals surface area (Å²) in [5, 5.41) is 0. The average molecular weight is 313 g/mol. The molecule has 0 saturated heterocycles. The summed E-state index contributed by atoms with van der Waals surface area (Å²) in [5.74, 6) is -1.86. The first-order valence-electron chi connectivity index (χ1n) is 6.09. The van der Waals surface area contributed by atoms with Crippen LogP contribution in [0.1, 0.15) is 15.9 Å². The van der Waals surface area contributed by atoms with Gasteiger partial charge < -0.3 is 10.5 Å². The first-order chi connectivity index (χ1) is 10.2. The maximum absolute atomic E-state index is 14.0. The molecular formula is C15H11F4NO2. The van der Waals surface area contributed by atoms with Gasteiger partial charge in [0.1, 0.15) is 5.82 Å². The zero-order valence-corrected chi connectivity index (χ0v) is 11.4. The molecule has 7 heteroatoms. The lowest BCUT2D eigenvalue weighted by atomic mass is 9.97. The molecule has 2 rings (SSSR count). The van der Waals surface area contributed by atoms with Crippen LogP contribution in [0, 0.1) is 5.82 Å². The van der Waals surface area contributed by atoms with E-state index in [-0.39, 0.29) is 22.4 Å². The molecule has 116 valence electrons. The van der Waals surface area contributed by atoms with E-state index in [0.29, 0.717) is 6.07 Å². The highest BCUT2D eigenvalue weighted by Crippen LogP contribution is 2.34. The van der Waals surface area contributed by atoms with Gasteiger partial charge in [-0.1, -0.05) is 12.1 Å². The minimum Gasteiger partial charge on any atom is -0.465 e. The predicted octanol–water partition coefficient (Wildman–Crippen LogP) is 3.88. The molecule has 0 heterocycles. The van der Waals surface area contributed by atoms with Gasteiger partial charge in [-0.15, -0.1) is 0 Å². The number of halogens is 4. The number of esters is 1. The molecule has 0 saturated carbocycles. The molecule has 0 radical (unpaired) electrons. The van der Waals surface area contributed by atoms with E-state index in [2.05, 4.69) is 4.74 Å². The van der Waals surface area contributed by atoms with Crippen molar-refractivity contribution in [2.24, 2.45) is 0 Å². The Morgan fingerprint density at radius 1 is 1.09 bits per heavy atom. The number of hydrogen-bond donors (Lipinski definition) is 1. The Kier molecular flexibility index (Phi) is 4.07. The number of alkyl halides is 3. The zero-order chi connectivity index (χ0) is 16.5. The summed E-state index contributed by atoms with van der Waals surface area (Å²) in [7, 11) is 1.14. The fourth-order valence-corrected chi connectivity index (χ4v) is 1.99. The van der Waals surface area contributed by atoms with Crippen molar-refractivity contribution in [3.63, 3.8) is 0 Å². The fourth-order valence-electron chi connectivity index (χ4n) is 1.99. The molecule has 2 aromatic rings. The van der Waals surface area contributed by atoms with Crippen molar-refractivity contribution in [3.8, 4) is 11.1 Å². The van der Waals surface area contributed by atoms with Gasteiger partial charge in [0.2, 0.25) is 0 Å². The van der Waals surface area contributed by atoms with E-state index < -0.39 is 23.5 Å². The molecule has 0 amide bonds. The van der Waals surface area contributed by atoms with Gasteiger partial charge in [0, 0.05) is 11.3 Å². The van der Waals surface area contributed by atoms with Crippen molar-refractivity contribution < 1.29 is 27.1 Å². The SMILES string of the molecule is COC(=O)c1cc(N)ccc1-c1ccc(C(F)(F)F)cc1F. The number of rotatable bonds is 2. The Morgan fingerprint density at radius 2 is 1.73 bits per heavy atom. The summed E-state index contributed by atoms with van der Waals surface area (Å²) in [4.78, 5) is 11.7. The summed E-state index contributed by atoms with van der Waals surface area (Å²) in [6, 6.07) is 6.14. The Balaban J connectivity index is 2.60. The van der Waals surface area contributed by atoms with E-state index >= 15 is 0 Å². The molecule has 0 fully saturated rings. The van der Waals surface area contributed by atoms with Crippen molar-refractivity contribution in [1.82, 2.24) is 0 Å². The molecule has 2 N–H and O–H groups in total. The largest absolute Gasteiger partial charge is 0.465 e. The van der Waals surface area contributed by atoms with Crippen LogP contribution in [0.4, 0.5) is 23.2 Å². The Hall–Kier alpha value is -2.57. The van der Waals surface area contributed by atoms with Gasteiger partial charge in [-0.2, -0.15) is 13.2 Å². The highest BCUT2D eigenvalue weighted by Gasteiger charge is 2.31. The van der Waals surface area contributed by atoms with Gasteiger partial charge in [-0.05, 0) is 29.8 Å². The van der Waals surface area contributed by atoms with Gasteiger partial charge >= 0.3 is 12.1 Å². The van der Waals surface area contributed by atoms with Crippen molar-refractivity contribution in [3.05, 3.63) is 53.3 Å². The van der Waals surface area contributed by atoms with E-state index in [0.717, 1.165) is 19.2 Å². The van der Waals surface area contributed by atoms with Gasteiger partial charge in [0.15, 0.2) is 0 Å². The fraction of sp³-hybridized carbons (Fsp3) is 0.133. The van der Waals surface area contributed by atoms with Crippen LogP contribution >= 0.6 is 0 Å². The first kappa shape index (κ1) is 15.8. The minimum absolute atomic E-state index is 0.0267. The third-order valence-corrected chi connectivity index (χ3v) is 3.04. The monoisotopic (exact) mass is 313 g/mol. The topological polar surface area (TPSA) is 52.3 Å². The molecule has 0 aliphatic heterocycles. The molecule has 0 aromatic heterocycles. The number of carbonyl (C=O) groups excluding carboxylic acids is 1. The van der Waals surface area contributed by atoms with Crippen LogP contribution in [0.2, 0.25) is 0 Å². The van der Waals surface area contributed by atoms with Gasteiger partial charge in [-0.25, -0.2) is 9.18 Å². The molecule has 0 aliphatic rings. The van der Waals surface area contributed by atoms with Crippen molar-refractivity contribution >= 4 is 11.7 Å². The van der Waals surface area contributed by atoms with Crippen molar-refractivity contribution in [1.29, 1.82) is 0 Å². The highest BCUT2D eigenvalue weighted by atomic mass is 19.4. The molecule has 0 bridgehead atoms. The van der Waals surface area contributed by atoms with Crippen LogP contribution in [-0.4, -0.2) is 13.1 Å². The standard InChI is InChI=1S/C15H11F4NO2/c1-22-14(21)12-7-9(20)3-5-10(12)11-4-2-8(6-13(11)16)15(17,18)19/h2-7H,20H2,1H3. The van der Waals surface area contributed by atoms with Crippen LogP contribution in [0.25, 0.3) is 11.1 Å². The second kappa shape index (κ2) is 5.67. The first-order valence-corrected chi connectivity index (χ1v) is 6.09. The summed E-state index contributed by atoms with van der Waals surface area (Å²) >= 11 is 0. The number of methoxy groups -OCH3 is 1. The normalized spacial score (nSPS) is 11.3. The van der Waals surface area contributed by atoms with Crippen LogP contribution in [0.5, 0.6) is 0 Å². The lowest BCUT2D eigenvalue weighted by molar-refractivity contribution is -0.137. The molecular weight excluding hydrogens is 302 g/mol. The minimum atomic E-state index is -4.65. The number of nitrogen functional groups attached to an aromatic ring is 1. The van der Waals surface area contributed by atoms with Crippen molar-refractivity contribution in [2.45, 2.75) is 6.18 Å². The average Bonchev–Trinajstić information content (AvgIpc) is 2.45. The van der Waals surface area contributed by atoms with E-state index in [1.165, 1.54) is 18.2 Å². The third kappa shape index (κ3) is 3.03. The Bertz CT molecular complexity index is 726. The van der Waals surface area contributed by atoms with Gasteiger partial charge in [0.05, 0.1) is 18.2 Å². The summed E-state index contributed by atoms with van der Waals surface area (Å²) in [5.41, 5.74) is 4.64. The van der Waals surface area contributed by atoms with Crippen LogP contribution in [-0.2, 0) is 10.9 Å². The summed E-state index contributed by atoms with van der Waals surface area (Å²) in [6.07, 6.45) is -4.65. The van der Waals surface area contributed by atoms with E-state index in [9.17, 15) is 22.4 Å². The number of hydrogen-bond acceptors (Lipinski definition) is 3. The number of benzene rings is 2. The zero-order valence-electron chi connectivity index (χ0n) is 11.4. The Labute approximate surface area is 123 Å². The molecule has 0 atom stereocenters. The lowest BCUT2D eigenvalue weighted by Gasteiger charge is -2.12. The van der Waals surface area contributed by atoms with Gasteiger partial charge in [0.25, 0.3) is 0 Å². The molecule has 0 unspecified atom stereocenters. The molecule has 0 spiro atoms. The van der Waals surface area contributed by atoms with Crippen LogP contribution < -0.4 is 5.73 Å². The smallest absolute Gasteiger partial charge is 0.416 e. The van der Waals surface area contributed by atoms with E-state index in [1.807, 2.05) is 0 Å². The second-order valence-corrected chi connectivity index (χ2v) is 4.49. The quantitative estimate of drug-likeness (QED) is 0.520. The maximum atomic E-state index is 14.0. The van der Waals surface area contributed by atoms with Gasteiger partial charge in [-0.3, -0.25) is 0 Å². The lowest BCUT2D eigenvalue weighted by Crippen LogP contribution is -2.07. The highest BCUT2D eigenvalue weighted by molar-refractivity contribution is 5.98. The number of anilines is 1. The van der Waals surface area contributed by atoms with Crippen LogP contribution in [0.15, 0.2) is 36.4 Å². The molecule has 0 aliphatic carbocycles. The number of ether oxygens (including phenoxy) is 1. The molecule has 2 aromatic carbocycles. The number of nitrogens with two attached hydrogens (primary N) is 1. The van der Waals surface area contributed by atoms with E-state index in [4.69, 9.17) is 5.73 Å². The predicted molar refractivity (Wildman–Crippen MR) is 72.6 cm³/mol. The van der Waals surface area contributed by atoms with Crippen LogP contribution in [0.3, 0.4) is 0 Å². The maximum Gasteiger partial charge on any atom is 0.416 e. The molecule has 3 nitrogen and oxygen atoms in total.